The molecule has 0 radical (unpaired) electrons. The fourth-order valence-corrected chi connectivity index (χ4v) is 2.78. The standard InChI is InChI=1S/C14H18OS/c1-4-14(2,3)13(15)11-7-5-6-10-8-9-16-12(10)11/h5-9,13,15H,4H2,1-3H3. The Morgan fingerprint density at radius 1 is 1.31 bits per heavy atom. The third-order valence-corrected chi connectivity index (χ3v) is 4.43. The van der Waals surface area contributed by atoms with Crippen LogP contribution in [0.2, 0.25) is 0 Å². The first-order valence-corrected chi connectivity index (χ1v) is 6.58. The fraction of sp³-hybridized carbons (Fsp3) is 0.429. The van der Waals surface area contributed by atoms with Crippen molar-refractivity contribution >= 4 is 21.4 Å². The molecule has 2 heteroatoms. The molecule has 0 aliphatic rings. The van der Waals surface area contributed by atoms with Gasteiger partial charge in [-0.1, -0.05) is 39.0 Å². The van der Waals surface area contributed by atoms with Gasteiger partial charge in [-0.25, -0.2) is 0 Å². The van der Waals surface area contributed by atoms with Crippen molar-refractivity contribution in [3.05, 3.63) is 35.2 Å². The van der Waals surface area contributed by atoms with Crippen molar-refractivity contribution in [1.82, 2.24) is 0 Å². The van der Waals surface area contributed by atoms with Crippen LogP contribution in [0.25, 0.3) is 10.1 Å². The molecule has 1 nitrogen and oxygen atoms in total. The van der Waals surface area contributed by atoms with Crippen molar-refractivity contribution in [3.8, 4) is 0 Å². The fourth-order valence-electron chi connectivity index (χ4n) is 1.85. The average molecular weight is 234 g/mol. The molecule has 1 N–H and O–H groups in total. The van der Waals surface area contributed by atoms with E-state index in [2.05, 4.69) is 38.3 Å². The van der Waals surface area contributed by atoms with Crippen molar-refractivity contribution in [1.29, 1.82) is 0 Å². The maximum atomic E-state index is 10.5. The first-order valence-electron chi connectivity index (χ1n) is 5.70. The Kier molecular flexibility index (Phi) is 3.04. The van der Waals surface area contributed by atoms with Gasteiger partial charge in [-0.2, -0.15) is 0 Å². The van der Waals surface area contributed by atoms with Gasteiger partial charge in [0.2, 0.25) is 0 Å². The van der Waals surface area contributed by atoms with Gasteiger partial charge in [0.25, 0.3) is 0 Å². The van der Waals surface area contributed by atoms with Gasteiger partial charge in [0.05, 0.1) is 6.10 Å². The Morgan fingerprint density at radius 3 is 2.75 bits per heavy atom. The summed E-state index contributed by atoms with van der Waals surface area (Å²) in [7, 11) is 0. The number of aliphatic hydroxyl groups excluding tert-OH is 1. The number of hydrogen-bond donors (Lipinski definition) is 1. The van der Waals surface area contributed by atoms with E-state index in [1.165, 1.54) is 10.1 Å². The lowest BCUT2D eigenvalue weighted by atomic mass is 9.80. The molecule has 0 saturated heterocycles. The highest BCUT2D eigenvalue weighted by Crippen LogP contribution is 2.40. The van der Waals surface area contributed by atoms with Gasteiger partial charge < -0.3 is 5.11 Å². The van der Waals surface area contributed by atoms with Crippen LogP contribution in [-0.4, -0.2) is 5.11 Å². The molecule has 0 amide bonds. The van der Waals surface area contributed by atoms with Crippen LogP contribution in [0, 0.1) is 5.41 Å². The van der Waals surface area contributed by atoms with Crippen molar-refractivity contribution < 1.29 is 5.11 Å². The minimum absolute atomic E-state index is 0.0712. The molecule has 0 aliphatic heterocycles. The predicted octanol–water partition coefficient (Wildman–Crippen LogP) is 4.37. The molecule has 2 aromatic rings. The SMILES string of the molecule is CCC(C)(C)C(O)c1cccc2ccsc12. The lowest BCUT2D eigenvalue weighted by Gasteiger charge is -2.29. The Morgan fingerprint density at radius 2 is 2.06 bits per heavy atom. The van der Waals surface area contributed by atoms with Crippen LogP contribution in [-0.2, 0) is 0 Å². The topological polar surface area (TPSA) is 20.2 Å². The number of hydrogen-bond acceptors (Lipinski definition) is 2. The van der Waals surface area contributed by atoms with Gasteiger partial charge in [0, 0.05) is 4.70 Å². The van der Waals surface area contributed by atoms with Crippen LogP contribution in [0.3, 0.4) is 0 Å². The molecule has 16 heavy (non-hydrogen) atoms. The normalized spacial score (nSPS) is 14.2. The van der Waals surface area contributed by atoms with Gasteiger partial charge in [-0.05, 0) is 34.2 Å². The first kappa shape index (κ1) is 11.6. The quantitative estimate of drug-likeness (QED) is 0.836. The average Bonchev–Trinajstić information content (AvgIpc) is 2.75. The molecule has 0 bridgehead atoms. The van der Waals surface area contributed by atoms with E-state index in [0.717, 1.165) is 12.0 Å². The second-order valence-corrected chi connectivity index (χ2v) is 5.85. The van der Waals surface area contributed by atoms with Crippen LogP contribution < -0.4 is 0 Å². The summed E-state index contributed by atoms with van der Waals surface area (Å²) in [4.78, 5) is 0. The summed E-state index contributed by atoms with van der Waals surface area (Å²) in [6.07, 6.45) is 0.579. The highest BCUT2D eigenvalue weighted by atomic mass is 32.1. The molecule has 1 heterocycles. The Balaban J connectivity index is 2.51. The van der Waals surface area contributed by atoms with Gasteiger partial charge in [0.15, 0.2) is 0 Å². The molecule has 0 saturated carbocycles. The molecular formula is C14H18OS. The molecule has 0 spiro atoms. The van der Waals surface area contributed by atoms with Crippen LogP contribution in [0.5, 0.6) is 0 Å². The first-order chi connectivity index (χ1) is 7.56. The van der Waals surface area contributed by atoms with E-state index in [1.807, 2.05) is 12.1 Å². The number of aliphatic hydroxyl groups is 1. The highest BCUT2D eigenvalue weighted by Gasteiger charge is 2.28. The smallest absolute Gasteiger partial charge is 0.0854 e. The third-order valence-electron chi connectivity index (χ3n) is 3.46. The Labute approximate surface area is 101 Å². The van der Waals surface area contributed by atoms with Gasteiger partial charge in [0.1, 0.15) is 0 Å². The van der Waals surface area contributed by atoms with Gasteiger partial charge in [-0.3, -0.25) is 0 Å². The minimum atomic E-state index is -0.389. The Hall–Kier alpha value is -0.860. The number of benzene rings is 1. The van der Waals surface area contributed by atoms with Crippen LogP contribution in [0.1, 0.15) is 38.9 Å². The second kappa shape index (κ2) is 4.19. The van der Waals surface area contributed by atoms with Crippen LogP contribution >= 0.6 is 11.3 Å². The molecule has 0 aliphatic carbocycles. The Bertz CT molecular complexity index is 484. The number of thiophene rings is 1. The molecule has 86 valence electrons. The zero-order chi connectivity index (χ0) is 11.8. The van der Waals surface area contributed by atoms with E-state index in [0.29, 0.717) is 0 Å². The van der Waals surface area contributed by atoms with E-state index in [-0.39, 0.29) is 11.5 Å². The summed E-state index contributed by atoms with van der Waals surface area (Å²) >= 11 is 1.71. The molecule has 1 atom stereocenters. The highest BCUT2D eigenvalue weighted by molar-refractivity contribution is 7.17. The van der Waals surface area contributed by atoms with Crippen molar-refractivity contribution in [3.63, 3.8) is 0 Å². The van der Waals surface area contributed by atoms with E-state index in [1.54, 1.807) is 11.3 Å². The van der Waals surface area contributed by atoms with E-state index < -0.39 is 0 Å². The summed E-state index contributed by atoms with van der Waals surface area (Å²) in [5, 5.41) is 13.8. The number of fused-ring (bicyclic) bond motifs is 1. The van der Waals surface area contributed by atoms with Crippen LogP contribution in [0.4, 0.5) is 0 Å². The number of rotatable bonds is 3. The summed E-state index contributed by atoms with van der Waals surface area (Å²) in [5.74, 6) is 0. The predicted molar refractivity (Wildman–Crippen MR) is 70.9 cm³/mol. The molecule has 2 rings (SSSR count). The van der Waals surface area contributed by atoms with E-state index in [9.17, 15) is 5.11 Å². The lowest BCUT2D eigenvalue weighted by molar-refractivity contribution is 0.0479. The van der Waals surface area contributed by atoms with E-state index in [4.69, 9.17) is 0 Å². The second-order valence-electron chi connectivity index (χ2n) is 4.93. The van der Waals surface area contributed by atoms with Gasteiger partial charge in [-0.15, -0.1) is 11.3 Å². The molecule has 1 aromatic carbocycles. The van der Waals surface area contributed by atoms with E-state index >= 15 is 0 Å². The molecule has 0 fully saturated rings. The summed E-state index contributed by atoms with van der Waals surface area (Å²) in [6.45, 7) is 6.35. The largest absolute Gasteiger partial charge is 0.388 e. The summed E-state index contributed by atoms with van der Waals surface area (Å²) in [5.41, 5.74) is 0.998. The van der Waals surface area contributed by atoms with Gasteiger partial charge >= 0.3 is 0 Å². The maximum Gasteiger partial charge on any atom is 0.0854 e. The third kappa shape index (κ3) is 1.87. The monoisotopic (exact) mass is 234 g/mol. The summed E-state index contributed by atoms with van der Waals surface area (Å²) in [6, 6.07) is 8.27. The molecule has 1 aromatic heterocycles. The zero-order valence-corrected chi connectivity index (χ0v) is 10.8. The van der Waals surface area contributed by atoms with Crippen molar-refractivity contribution in [2.45, 2.75) is 33.3 Å². The van der Waals surface area contributed by atoms with Crippen LogP contribution in [0.15, 0.2) is 29.6 Å². The lowest BCUT2D eigenvalue weighted by Crippen LogP contribution is -2.20. The molecular weight excluding hydrogens is 216 g/mol. The van der Waals surface area contributed by atoms with Crippen molar-refractivity contribution in [2.75, 3.05) is 0 Å². The van der Waals surface area contributed by atoms with Crippen molar-refractivity contribution in [2.24, 2.45) is 5.41 Å². The zero-order valence-electron chi connectivity index (χ0n) is 10.0. The minimum Gasteiger partial charge on any atom is -0.388 e. The maximum absolute atomic E-state index is 10.5. The summed E-state index contributed by atoms with van der Waals surface area (Å²) < 4.78 is 1.22. The molecule has 1 unspecified atom stereocenters.